The zero-order chi connectivity index (χ0) is 14.2. The van der Waals surface area contributed by atoms with Gasteiger partial charge in [-0.15, -0.1) is 0 Å². The maximum absolute atomic E-state index is 5.97. The van der Waals surface area contributed by atoms with Crippen LogP contribution >= 0.6 is 15.9 Å². The highest BCUT2D eigenvalue weighted by Gasteiger charge is 2.14. The van der Waals surface area contributed by atoms with E-state index in [1.54, 1.807) is 4.68 Å². The quantitative estimate of drug-likeness (QED) is 0.942. The lowest BCUT2D eigenvalue weighted by molar-refractivity contribution is 0.425. The highest BCUT2D eigenvalue weighted by molar-refractivity contribution is 9.10. The highest BCUT2D eigenvalue weighted by atomic mass is 79.9. The second-order valence-corrected chi connectivity index (χ2v) is 5.46. The summed E-state index contributed by atoms with van der Waals surface area (Å²) in [5.41, 5.74) is 9.90. The van der Waals surface area contributed by atoms with Crippen LogP contribution in [0.4, 0.5) is 0 Å². The normalized spacial score (nSPS) is 10.8. The molecule has 19 heavy (non-hydrogen) atoms. The molecule has 0 fully saturated rings. The lowest BCUT2D eigenvalue weighted by atomic mass is 10.1. The largest absolute Gasteiger partial charge is 0.439 e. The Bertz CT molecular complexity index is 596. The van der Waals surface area contributed by atoms with Crippen LogP contribution in [0.3, 0.4) is 0 Å². The van der Waals surface area contributed by atoms with Gasteiger partial charge in [0.2, 0.25) is 5.88 Å². The minimum Gasteiger partial charge on any atom is -0.439 e. The van der Waals surface area contributed by atoms with Crippen LogP contribution in [0.1, 0.15) is 22.4 Å². The van der Waals surface area contributed by atoms with Crippen LogP contribution in [0, 0.1) is 20.8 Å². The zero-order valence-electron chi connectivity index (χ0n) is 11.6. The van der Waals surface area contributed by atoms with Crippen molar-refractivity contribution in [2.24, 2.45) is 12.8 Å². The third-order valence-corrected chi connectivity index (χ3v) is 4.37. The molecule has 2 rings (SSSR count). The molecule has 1 aromatic heterocycles. The van der Waals surface area contributed by atoms with E-state index in [-0.39, 0.29) is 0 Å². The molecule has 0 aliphatic carbocycles. The van der Waals surface area contributed by atoms with E-state index in [9.17, 15) is 0 Å². The van der Waals surface area contributed by atoms with Gasteiger partial charge in [0, 0.05) is 18.1 Å². The molecule has 5 heteroatoms. The topological polar surface area (TPSA) is 53.1 Å². The zero-order valence-corrected chi connectivity index (χ0v) is 13.2. The van der Waals surface area contributed by atoms with E-state index in [0.29, 0.717) is 12.4 Å². The van der Waals surface area contributed by atoms with Crippen molar-refractivity contribution in [1.29, 1.82) is 0 Å². The van der Waals surface area contributed by atoms with Gasteiger partial charge in [0.05, 0.1) is 11.3 Å². The van der Waals surface area contributed by atoms with Crippen LogP contribution in [0.5, 0.6) is 11.6 Å². The van der Waals surface area contributed by atoms with E-state index in [2.05, 4.69) is 21.0 Å². The summed E-state index contributed by atoms with van der Waals surface area (Å²) < 4.78 is 8.81. The molecule has 0 amide bonds. The maximum Gasteiger partial charge on any atom is 0.222 e. The van der Waals surface area contributed by atoms with Crippen molar-refractivity contribution in [3.63, 3.8) is 0 Å². The molecule has 0 saturated carbocycles. The molecule has 0 aliphatic rings. The Kier molecular flexibility index (Phi) is 3.96. The number of nitrogens with zero attached hydrogens (tertiary/aromatic N) is 2. The number of nitrogens with two attached hydrogens (primary N) is 1. The van der Waals surface area contributed by atoms with Crippen LogP contribution in [0.2, 0.25) is 0 Å². The fourth-order valence-corrected chi connectivity index (χ4v) is 2.35. The summed E-state index contributed by atoms with van der Waals surface area (Å²) in [6.07, 6.45) is 0. The van der Waals surface area contributed by atoms with Gasteiger partial charge in [0.1, 0.15) is 5.75 Å². The van der Waals surface area contributed by atoms with Crippen LogP contribution in [-0.2, 0) is 13.6 Å². The van der Waals surface area contributed by atoms with Crippen molar-refractivity contribution in [1.82, 2.24) is 9.78 Å². The second-order valence-electron chi connectivity index (χ2n) is 4.67. The SMILES string of the molecule is Cc1cc(Oc2c(CN)c(C)nn2C)cc(C)c1Br. The van der Waals surface area contributed by atoms with Crippen molar-refractivity contribution in [3.8, 4) is 11.6 Å². The Labute approximate surface area is 121 Å². The average Bonchev–Trinajstić information content (AvgIpc) is 2.60. The molecule has 0 saturated heterocycles. The lowest BCUT2D eigenvalue weighted by Gasteiger charge is -2.11. The molecular formula is C14H18BrN3O. The first-order chi connectivity index (χ1) is 8.93. The Morgan fingerprint density at radius 3 is 2.37 bits per heavy atom. The predicted molar refractivity (Wildman–Crippen MR) is 79.5 cm³/mol. The summed E-state index contributed by atoms with van der Waals surface area (Å²) >= 11 is 3.55. The number of hydrogen-bond donors (Lipinski definition) is 1. The molecule has 0 radical (unpaired) electrons. The second kappa shape index (κ2) is 5.35. The van der Waals surface area contributed by atoms with Gasteiger partial charge in [-0.05, 0) is 44.0 Å². The van der Waals surface area contributed by atoms with Gasteiger partial charge < -0.3 is 10.5 Å². The highest BCUT2D eigenvalue weighted by Crippen LogP contribution is 2.31. The smallest absolute Gasteiger partial charge is 0.222 e. The van der Waals surface area contributed by atoms with Crippen molar-refractivity contribution in [3.05, 3.63) is 39.0 Å². The third kappa shape index (κ3) is 2.67. The predicted octanol–water partition coefficient (Wildman–Crippen LogP) is 3.36. The first kappa shape index (κ1) is 14.1. The van der Waals surface area contributed by atoms with Crippen molar-refractivity contribution in [2.75, 3.05) is 0 Å². The Morgan fingerprint density at radius 1 is 1.26 bits per heavy atom. The van der Waals surface area contributed by atoms with Gasteiger partial charge in [0.25, 0.3) is 0 Å². The maximum atomic E-state index is 5.97. The monoisotopic (exact) mass is 323 g/mol. The van der Waals surface area contributed by atoms with Gasteiger partial charge in [-0.25, -0.2) is 4.68 Å². The number of benzene rings is 1. The molecule has 0 spiro atoms. The third-order valence-electron chi connectivity index (χ3n) is 3.12. The number of aromatic nitrogens is 2. The first-order valence-electron chi connectivity index (χ1n) is 6.11. The molecule has 2 aromatic rings. The number of halogens is 1. The standard InChI is InChI=1S/C14H18BrN3O/c1-8-5-11(6-9(2)13(8)15)19-14-12(7-16)10(3)17-18(14)4/h5-6H,7,16H2,1-4H3. The number of ether oxygens (including phenoxy) is 1. The summed E-state index contributed by atoms with van der Waals surface area (Å²) in [6, 6.07) is 4.00. The molecule has 0 atom stereocenters. The number of rotatable bonds is 3. The Morgan fingerprint density at radius 2 is 1.84 bits per heavy atom. The van der Waals surface area contributed by atoms with Gasteiger partial charge in [0.15, 0.2) is 0 Å². The Balaban J connectivity index is 2.42. The van der Waals surface area contributed by atoms with Crippen molar-refractivity contribution >= 4 is 15.9 Å². The molecule has 102 valence electrons. The van der Waals surface area contributed by atoms with E-state index in [1.165, 1.54) is 0 Å². The Hall–Kier alpha value is -1.33. The minimum absolute atomic E-state index is 0.420. The average molecular weight is 324 g/mol. The van der Waals surface area contributed by atoms with Gasteiger partial charge in [-0.1, -0.05) is 15.9 Å². The molecule has 0 bridgehead atoms. The van der Waals surface area contributed by atoms with Crippen LogP contribution in [0.25, 0.3) is 0 Å². The fraction of sp³-hybridized carbons (Fsp3) is 0.357. The van der Waals surface area contributed by atoms with Crippen molar-refractivity contribution < 1.29 is 4.74 Å². The summed E-state index contributed by atoms with van der Waals surface area (Å²) in [5, 5.41) is 4.34. The lowest BCUT2D eigenvalue weighted by Crippen LogP contribution is -2.01. The van der Waals surface area contributed by atoms with Crippen LogP contribution < -0.4 is 10.5 Å². The summed E-state index contributed by atoms with van der Waals surface area (Å²) in [5.74, 6) is 1.51. The molecule has 0 unspecified atom stereocenters. The molecule has 1 aromatic carbocycles. The minimum atomic E-state index is 0.420. The molecule has 2 N–H and O–H groups in total. The fourth-order valence-electron chi connectivity index (χ4n) is 2.12. The molecule has 4 nitrogen and oxygen atoms in total. The van der Waals surface area contributed by atoms with E-state index in [0.717, 1.165) is 32.6 Å². The van der Waals surface area contributed by atoms with Gasteiger partial charge in [-0.3, -0.25) is 0 Å². The first-order valence-corrected chi connectivity index (χ1v) is 6.90. The summed E-state index contributed by atoms with van der Waals surface area (Å²) in [6.45, 7) is 6.45. The molecule has 1 heterocycles. The van der Waals surface area contributed by atoms with Crippen molar-refractivity contribution in [2.45, 2.75) is 27.3 Å². The van der Waals surface area contributed by atoms with E-state index in [1.807, 2.05) is 40.0 Å². The summed E-state index contributed by atoms with van der Waals surface area (Å²) in [7, 11) is 1.86. The van der Waals surface area contributed by atoms with E-state index < -0.39 is 0 Å². The van der Waals surface area contributed by atoms with Crippen LogP contribution in [0.15, 0.2) is 16.6 Å². The summed E-state index contributed by atoms with van der Waals surface area (Å²) in [4.78, 5) is 0. The number of aryl methyl sites for hydroxylation is 4. The van der Waals surface area contributed by atoms with Gasteiger partial charge in [-0.2, -0.15) is 5.10 Å². The number of hydrogen-bond acceptors (Lipinski definition) is 3. The van der Waals surface area contributed by atoms with E-state index in [4.69, 9.17) is 10.5 Å². The molecular weight excluding hydrogens is 306 g/mol. The van der Waals surface area contributed by atoms with Gasteiger partial charge >= 0.3 is 0 Å². The molecule has 0 aliphatic heterocycles. The van der Waals surface area contributed by atoms with Crippen LogP contribution in [-0.4, -0.2) is 9.78 Å². The van der Waals surface area contributed by atoms with E-state index >= 15 is 0 Å².